The number of anilines is 2. The van der Waals surface area contributed by atoms with Crippen LogP contribution in [0.15, 0.2) is 66.7 Å². The van der Waals surface area contributed by atoms with E-state index in [2.05, 4.69) is 10.2 Å². The molecule has 0 bridgehead atoms. The van der Waals surface area contributed by atoms with E-state index in [-0.39, 0.29) is 29.3 Å². The second-order valence-corrected chi connectivity index (χ2v) is 9.74. The smallest absolute Gasteiger partial charge is 0.258 e. The number of benzene rings is 3. The van der Waals surface area contributed by atoms with Gasteiger partial charge in [-0.15, -0.1) is 0 Å². The number of nitrogens with one attached hydrogen (secondary N) is 1. The Morgan fingerprint density at radius 2 is 1.57 bits per heavy atom. The summed E-state index contributed by atoms with van der Waals surface area (Å²) in [5.74, 6) is 0.297. The van der Waals surface area contributed by atoms with Crippen molar-refractivity contribution in [3.8, 4) is 11.5 Å². The number of piperidine rings is 1. The summed E-state index contributed by atoms with van der Waals surface area (Å²) in [5.41, 5.74) is 2.22. The lowest BCUT2D eigenvalue weighted by Gasteiger charge is -2.33. The molecule has 0 aliphatic carbocycles. The number of likely N-dealkylation sites (tertiary alicyclic amines) is 1. The molecule has 0 radical (unpaired) electrons. The van der Waals surface area contributed by atoms with Gasteiger partial charge < -0.3 is 24.6 Å². The molecule has 0 unspecified atom stereocenters. The lowest BCUT2D eigenvalue weighted by atomic mass is 9.89. The van der Waals surface area contributed by atoms with Gasteiger partial charge in [0, 0.05) is 48.8 Å². The summed E-state index contributed by atoms with van der Waals surface area (Å²) in [5, 5.41) is 2.71. The highest BCUT2D eigenvalue weighted by Gasteiger charge is 2.27. The lowest BCUT2D eigenvalue weighted by molar-refractivity contribution is -0.114. The maximum absolute atomic E-state index is 13.8. The third-order valence-corrected chi connectivity index (χ3v) is 7.10. The van der Waals surface area contributed by atoms with Gasteiger partial charge in [0.25, 0.3) is 5.91 Å². The average Bonchev–Trinajstić information content (AvgIpc) is 2.97. The van der Waals surface area contributed by atoms with Crippen molar-refractivity contribution in [1.29, 1.82) is 0 Å². The fourth-order valence-corrected chi connectivity index (χ4v) is 4.90. The van der Waals surface area contributed by atoms with Gasteiger partial charge in [-0.3, -0.25) is 14.4 Å². The molecular weight excluding hydrogens is 513 g/mol. The normalized spacial score (nSPS) is 13.9. The first kappa shape index (κ1) is 28.8. The molecule has 40 heavy (non-hydrogen) atoms. The fraction of sp³-hybridized carbons (Fsp3) is 0.323. The highest BCUT2D eigenvalue weighted by molar-refractivity contribution is 6.07. The van der Waals surface area contributed by atoms with E-state index in [1.165, 1.54) is 19.1 Å². The minimum Gasteiger partial charge on any atom is -0.497 e. The Morgan fingerprint density at radius 1 is 0.925 bits per heavy atom. The van der Waals surface area contributed by atoms with Gasteiger partial charge in [0.1, 0.15) is 17.3 Å². The Morgan fingerprint density at radius 3 is 2.17 bits per heavy atom. The van der Waals surface area contributed by atoms with Crippen LogP contribution >= 0.6 is 0 Å². The summed E-state index contributed by atoms with van der Waals surface area (Å²) < 4.78 is 24.2. The van der Waals surface area contributed by atoms with E-state index in [4.69, 9.17) is 9.47 Å². The van der Waals surface area contributed by atoms with Gasteiger partial charge in [-0.05, 0) is 86.6 Å². The molecule has 210 valence electrons. The molecule has 8 nitrogen and oxygen atoms in total. The van der Waals surface area contributed by atoms with Crippen molar-refractivity contribution >= 4 is 29.0 Å². The van der Waals surface area contributed by atoms with Crippen molar-refractivity contribution in [1.82, 2.24) is 4.90 Å². The first-order chi connectivity index (χ1) is 19.3. The van der Waals surface area contributed by atoms with Crippen LogP contribution in [0, 0.1) is 11.7 Å². The number of methoxy groups -OCH3 is 2. The maximum Gasteiger partial charge on any atom is 0.258 e. The number of carbonyl (C=O) groups excluding carboxylic acids is 3. The molecule has 1 fully saturated rings. The van der Waals surface area contributed by atoms with Gasteiger partial charge in [-0.2, -0.15) is 0 Å². The molecule has 0 saturated carbocycles. The largest absolute Gasteiger partial charge is 0.497 e. The molecule has 1 aliphatic heterocycles. The molecule has 1 saturated heterocycles. The van der Waals surface area contributed by atoms with Crippen LogP contribution in [-0.2, 0) is 4.79 Å². The van der Waals surface area contributed by atoms with Crippen LogP contribution in [0.25, 0.3) is 0 Å². The second-order valence-electron chi connectivity index (χ2n) is 9.74. The zero-order valence-electron chi connectivity index (χ0n) is 23.0. The van der Waals surface area contributed by atoms with Crippen molar-refractivity contribution in [3.05, 3.63) is 83.7 Å². The van der Waals surface area contributed by atoms with Gasteiger partial charge in [0.15, 0.2) is 5.78 Å². The molecule has 0 atom stereocenters. The number of ether oxygens (including phenoxy) is 2. The van der Waals surface area contributed by atoms with Crippen LogP contribution in [0.1, 0.15) is 40.5 Å². The minimum absolute atomic E-state index is 0.0436. The number of halogens is 1. The molecule has 9 heteroatoms. The Bertz CT molecular complexity index is 1340. The number of hydrogen-bond donors (Lipinski definition) is 1. The van der Waals surface area contributed by atoms with Crippen molar-refractivity contribution in [2.75, 3.05) is 50.6 Å². The predicted molar refractivity (Wildman–Crippen MR) is 152 cm³/mol. The van der Waals surface area contributed by atoms with E-state index in [0.717, 1.165) is 0 Å². The van der Waals surface area contributed by atoms with Crippen molar-refractivity contribution in [3.63, 3.8) is 0 Å². The first-order valence-corrected chi connectivity index (χ1v) is 13.2. The maximum atomic E-state index is 13.8. The third kappa shape index (κ3) is 7.04. The number of hydrogen-bond acceptors (Lipinski definition) is 6. The van der Waals surface area contributed by atoms with Crippen LogP contribution in [0.3, 0.4) is 0 Å². The number of rotatable bonds is 10. The highest BCUT2D eigenvalue weighted by Crippen LogP contribution is 2.33. The zero-order chi connectivity index (χ0) is 28.6. The average molecular weight is 548 g/mol. The van der Waals surface area contributed by atoms with Crippen LogP contribution in [0.2, 0.25) is 0 Å². The molecule has 3 aromatic carbocycles. The molecular formula is C31H34FN3O5. The van der Waals surface area contributed by atoms with Crippen LogP contribution in [-0.4, -0.2) is 62.9 Å². The van der Waals surface area contributed by atoms with E-state index < -0.39 is 0 Å². The van der Waals surface area contributed by atoms with Crippen LogP contribution in [0.4, 0.5) is 15.8 Å². The first-order valence-electron chi connectivity index (χ1n) is 13.2. The number of carbonyl (C=O) groups is 3. The van der Waals surface area contributed by atoms with Gasteiger partial charge >= 0.3 is 0 Å². The minimum atomic E-state index is -0.359. The van der Waals surface area contributed by atoms with E-state index in [1.807, 2.05) is 0 Å². The van der Waals surface area contributed by atoms with Crippen molar-refractivity contribution in [2.24, 2.45) is 5.92 Å². The predicted octanol–water partition coefficient (Wildman–Crippen LogP) is 5.04. The van der Waals surface area contributed by atoms with Crippen LogP contribution < -0.4 is 19.7 Å². The Balaban J connectivity index is 1.47. The molecule has 3 aromatic rings. The third-order valence-electron chi connectivity index (χ3n) is 7.10. The van der Waals surface area contributed by atoms with Crippen molar-refractivity contribution in [2.45, 2.75) is 19.8 Å². The lowest BCUT2D eigenvalue weighted by Crippen LogP contribution is -2.43. The molecule has 2 amide bonds. The summed E-state index contributed by atoms with van der Waals surface area (Å²) in [6.07, 6.45) is 1.39. The molecule has 0 aromatic heterocycles. The summed E-state index contributed by atoms with van der Waals surface area (Å²) in [6.45, 7) is 3.85. The van der Waals surface area contributed by atoms with Gasteiger partial charge in [-0.1, -0.05) is 0 Å². The quantitative estimate of drug-likeness (QED) is 0.358. The Labute approximate surface area is 233 Å². The summed E-state index contributed by atoms with van der Waals surface area (Å²) in [4.78, 5) is 41.9. The fourth-order valence-electron chi connectivity index (χ4n) is 4.90. The Hall–Kier alpha value is -4.24. The number of ketones is 1. The topological polar surface area (TPSA) is 88.2 Å². The Kier molecular flexibility index (Phi) is 9.50. The molecule has 1 N–H and O–H groups in total. The molecule has 0 spiro atoms. The number of Topliss-reactive ketones (excluding diaryl/α,β-unsaturated/α-hetero) is 1. The molecule has 4 rings (SSSR count). The van der Waals surface area contributed by atoms with E-state index in [9.17, 15) is 18.8 Å². The summed E-state index contributed by atoms with van der Waals surface area (Å²) in [7, 11) is 3.12. The van der Waals surface area contributed by atoms with Crippen LogP contribution in [0.5, 0.6) is 11.5 Å². The van der Waals surface area contributed by atoms with E-state index in [1.54, 1.807) is 73.7 Å². The van der Waals surface area contributed by atoms with Gasteiger partial charge in [0.05, 0.1) is 19.9 Å². The standard InChI is InChI=1S/C31H34FN3O5/c1-21(36)33-26-10-6-24(7-11-26)31(38)35(28-13-12-27(39-2)20-29(28)40-3)19-18-34-16-14-23(15-17-34)30(37)22-4-8-25(32)9-5-22/h4-13,20,23H,14-19H2,1-3H3,(H,33,36). The van der Waals surface area contributed by atoms with Crippen molar-refractivity contribution < 1.29 is 28.2 Å². The number of nitrogens with zero attached hydrogens (tertiary/aromatic N) is 2. The zero-order valence-corrected chi connectivity index (χ0v) is 23.0. The van der Waals surface area contributed by atoms with Gasteiger partial charge in [0.2, 0.25) is 5.91 Å². The van der Waals surface area contributed by atoms with Gasteiger partial charge in [-0.25, -0.2) is 4.39 Å². The summed E-state index contributed by atoms with van der Waals surface area (Å²) >= 11 is 0. The van der Waals surface area contributed by atoms with E-state index >= 15 is 0 Å². The SMILES string of the molecule is COc1ccc(N(CCN2CCC(C(=O)c3ccc(F)cc3)CC2)C(=O)c2ccc(NC(C)=O)cc2)c(OC)c1. The number of amides is 2. The molecule has 1 aliphatic rings. The van der Waals surface area contributed by atoms with E-state index in [0.29, 0.717) is 73.0 Å². The highest BCUT2D eigenvalue weighted by atomic mass is 19.1. The summed E-state index contributed by atoms with van der Waals surface area (Å²) in [6, 6.07) is 17.8. The molecule has 1 heterocycles. The monoisotopic (exact) mass is 547 g/mol. The second kappa shape index (κ2) is 13.2.